The molecular weight excluding hydrogens is 392 g/mol. The van der Waals surface area contributed by atoms with Gasteiger partial charge in [0, 0.05) is 26.9 Å². The Labute approximate surface area is 172 Å². The predicted molar refractivity (Wildman–Crippen MR) is 119 cm³/mol. The molecule has 4 rings (SSSR count). The number of nitrogens with one attached hydrogen (secondary N) is 2. The largest absolute Gasteiger partial charge is 0.496 e. The van der Waals surface area contributed by atoms with E-state index >= 15 is 0 Å². The molecule has 28 heavy (non-hydrogen) atoms. The van der Waals surface area contributed by atoms with Crippen molar-refractivity contribution in [3.05, 3.63) is 62.7 Å². The quantitative estimate of drug-likeness (QED) is 0.426. The highest BCUT2D eigenvalue weighted by Gasteiger charge is 2.19. The van der Waals surface area contributed by atoms with Gasteiger partial charge in [-0.2, -0.15) is 0 Å². The normalized spacial score (nSPS) is 11.4. The molecule has 6 heteroatoms. The highest BCUT2D eigenvalue weighted by atomic mass is 35.5. The number of aromatic amines is 1. The molecule has 0 aliphatic heterocycles. The molecule has 0 aliphatic carbocycles. The molecule has 0 radical (unpaired) electrons. The monoisotopic (exact) mass is 412 g/mol. The minimum absolute atomic E-state index is 0.0629. The molecular formula is C22H21ClN2O2S. The summed E-state index contributed by atoms with van der Waals surface area (Å²) in [5.41, 5.74) is 3.81. The summed E-state index contributed by atoms with van der Waals surface area (Å²) < 4.78 is 6.46. The van der Waals surface area contributed by atoms with Crippen molar-refractivity contribution in [3.63, 3.8) is 0 Å². The van der Waals surface area contributed by atoms with Gasteiger partial charge in [0.2, 0.25) is 0 Å². The number of fused-ring (bicyclic) bond motifs is 3. The molecule has 0 saturated carbocycles. The Morgan fingerprint density at radius 3 is 2.86 bits per heavy atom. The van der Waals surface area contributed by atoms with Gasteiger partial charge < -0.3 is 15.0 Å². The molecule has 0 saturated heterocycles. The second-order valence-electron chi connectivity index (χ2n) is 6.55. The zero-order valence-corrected chi connectivity index (χ0v) is 17.3. The van der Waals surface area contributed by atoms with Crippen LogP contribution in [0.3, 0.4) is 0 Å². The Morgan fingerprint density at radius 2 is 2.07 bits per heavy atom. The highest BCUT2D eigenvalue weighted by Crippen LogP contribution is 2.42. The standard InChI is InChI=1S/C22H21ClN2O2S/c1-3-24-11-9-13-14(5-4-6-16(13)23)20-18(27-2)8-7-17-19(20)15-10-12-28-21(15)22(26)25-17/h4-8,10,12,24H,3,9,11H2,1-2H3,(H,25,26). The van der Waals surface area contributed by atoms with Crippen LogP contribution >= 0.6 is 22.9 Å². The summed E-state index contributed by atoms with van der Waals surface area (Å²) in [5.74, 6) is 0.763. The number of H-pyrrole nitrogens is 1. The second kappa shape index (κ2) is 7.95. The third-order valence-corrected chi connectivity index (χ3v) is 6.23. The number of likely N-dealkylation sites (N-methyl/N-ethyl adjacent to an activating group) is 1. The third-order valence-electron chi connectivity index (χ3n) is 4.97. The lowest BCUT2D eigenvalue weighted by atomic mass is 9.92. The van der Waals surface area contributed by atoms with Crippen LogP contribution in [0.2, 0.25) is 5.02 Å². The summed E-state index contributed by atoms with van der Waals surface area (Å²) in [5, 5.41) is 7.98. The first-order valence-corrected chi connectivity index (χ1v) is 10.5. The fourth-order valence-electron chi connectivity index (χ4n) is 3.70. The van der Waals surface area contributed by atoms with Crippen LogP contribution in [0.4, 0.5) is 0 Å². The van der Waals surface area contributed by atoms with Crippen molar-refractivity contribution < 1.29 is 4.74 Å². The van der Waals surface area contributed by atoms with Gasteiger partial charge in [-0.3, -0.25) is 4.79 Å². The van der Waals surface area contributed by atoms with Gasteiger partial charge >= 0.3 is 0 Å². The van der Waals surface area contributed by atoms with Crippen molar-refractivity contribution in [1.82, 2.24) is 10.3 Å². The first-order valence-electron chi connectivity index (χ1n) is 9.24. The van der Waals surface area contributed by atoms with Gasteiger partial charge in [0.05, 0.1) is 7.11 Å². The number of methoxy groups -OCH3 is 1. The SMILES string of the molecule is CCNCCc1c(Cl)cccc1-c1c(OC)ccc2[nH]c(=O)c3sccc3c12. The molecule has 0 unspecified atom stereocenters. The van der Waals surface area contributed by atoms with Gasteiger partial charge in [-0.05, 0) is 60.3 Å². The number of pyridine rings is 1. The number of halogens is 1. The van der Waals surface area contributed by atoms with Gasteiger partial charge in [0.15, 0.2) is 0 Å². The van der Waals surface area contributed by atoms with Crippen molar-refractivity contribution in [1.29, 1.82) is 0 Å². The molecule has 0 spiro atoms. The topological polar surface area (TPSA) is 54.1 Å². The highest BCUT2D eigenvalue weighted by molar-refractivity contribution is 7.17. The number of hydrogen-bond donors (Lipinski definition) is 2. The van der Waals surface area contributed by atoms with E-state index in [4.69, 9.17) is 16.3 Å². The molecule has 0 bridgehead atoms. The summed E-state index contributed by atoms with van der Waals surface area (Å²) in [6.45, 7) is 3.84. The van der Waals surface area contributed by atoms with Crippen LogP contribution in [0.5, 0.6) is 5.75 Å². The first kappa shape index (κ1) is 19.0. The number of rotatable bonds is 6. The van der Waals surface area contributed by atoms with Crippen molar-refractivity contribution in [2.45, 2.75) is 13.3 Å². The van der Waals surface area contributed by atoms with E-state index < -0.39 is 0 Å². The minimum Gasteiger partial charge on any atom is -0.496 e. The van der Waals surface area contributed by atoms with Crippen molar-refractivity contribution in [2.24, 2.45) is 0 Å². The lowest BCUT2D eigenvalue weighted by Gasteiger charge is -2.17. The maximum Gasteiger partial charge on any atom is 0.266 e. The molecule has 2 heterocycles. The van der Waals surface area contributed by atoms with E-state index in [1.165, 1.54) is 11.3 Å². The Kier molecular flexibility index (Phi) is 5.40. The third kappa shape index (κ3) is 3.20. The van der Waals surface area contributed by atoms with E-state index in [0.717, 1.165) is 68.0 Å². The molecule has 2 N–H and O–H groups in total. The summed E-state index contributed by atoms with van der Waals surface area (Å²) in [7, 11) is 1.67. The molecule has 0 fully saturated rings. The smallest absolute Gasteiger partial charge is 0.266 e. The van der Waals surface area contributed by atoms with Crippen LogP contribution in [-0.2, 0) is 6.42 Å². The Morgan fingerprint density at radius 1 is 1.21 bits per heavy atom. The average Bonchev–Trinajstić information content (AvgIpc) is 3.19. The molecule has 0 atom stereocenters. The summed E-state index contributed by atoms with van der Waals surface area (Å²) in [6, 6.07) is 11.8. The molecule has 144 valence electrons. The second-order valence-corrected chi connectivity index (χ2v) is 7.88. The van der Waals surface area contributed by atoms with Crippen molar-refractivity contribution in [2.75, 3.05) is 20.2 Å². The number of hydrogen-bond acceptors (Lipinski definition) is 4. The van der Waals surface area contributed by atoms with Crippen LogP contribution in [-0.4, -0.2) is 25.2 Å². The fraction of sp³-hybridized carbons (Fsp3) is 0.227. The molecule has 0 amide bonds. The Bertz CT molecular complexity index is 1210. The molecule has 0 aliphatic rings. The van der Waals surface area contributed by atoms with E-state index in [1.54, 1.807) is 7.11 Å². The van der Waals surface area contributed by atoms with E-state index in [2.05, 4.69) is 23.3 Å². The zero-order chi connectivity index (χ0) is 19.7. The maximum atomic E-state index is 12.4. The van der Waals surface area contributed by atoms with Gasteiger partial charge in [-0.25, -0.2) is 0 Å². The first-order chi connectivity index (χ1) is 13.7. The lowest BCUT2D eigenvalue weighted by Crippen LogP contribution is -2.16. The summed E-state index contributed by atoms with van der Waals surface area (Å²) in [4.78, 5) is 15.5. The number of thiophene rings is 1. The van der Waals surface area contributed by atoms with Crippen molar-refractivity contribution in [3.8, 4) is 16.9 Å². The summed E-state index contributed by atoms with van der Waals surface area (Å²) in [6.07, 6.45) is 0.804. The zero-order valence-electron chi connectivity index (χ0n) is 15.8. The van der Waals surface area contributed by atoms with Crippen molar-refractivity contribution >= 4 is 43.9 Å². The Hall–Kier alpha value is -2.34. The lowest BCUT2D eigenvalue weighted by molar-refractivity contribution is 0.417. The van der Waals surface area contributed by atoms with Gasteiger partial charge in [-0.15, -0.1) is 11.3 Å². The fourth-order valence-corrected chi connectivity index (χ4v) is 4.77. The van der Waals surface area contributed by atoms with Crippen LogP contribution < -0.4 is 15.6 Å². The van der Waals surface area contributed by atoms with Crippen LogP contribution in [0, 0.1) is 0 Å². The van der Waals surface area contributed by atoms with Gasteiger partial charge in [0.25, 0.3) is 5.56 Å². The van der Waals surface area contributed by atoms with E-state index in [9.17, 15) is 4.79 Å². The molecule has 4 nitrogen and oxygen atoms in total. The number of benzene rings is 2. The minimum atomic E-state index is -0.0629. The molecule has 2 aromatic carbocycles. The van der Waals surface area contributed by atoms with Crippen LogP contribution in [0.15, 0.2) is 46.6 Å². The van der Waals surface area contributed by atoms with Crippen LogP contribution in [0.25, 0.3) is 32.1 Å². The number of aromatic nitrogens is 1. The summed E-state index contributed by atoms with van der Waals surface area (Å²) >= 11 is 8.05. The predicted octanol–water partition coefficient (Wildman–Crippen LogP) is 5.22. The van der Waals surface area contributed by atoms with Crippen LogP contribution in [0.1, 0.15) is 12.5 Å². The molecule has 4 aromatic rings. The maximum absolute atomic E-state index is 12.4. The van der Waals surface area contributed by atoms with Gasteiger partial charge in [-0.1, -0.05) is 30.7 Å². The van der Waals surface area contributed by atoms with E-state index in [-0.39, 0.29) is 5.56 Å². The van der Waals surface area contributed by atoms with E-state index in [1.807, 2.05) is 35.7 Å². The van der Waals surface area contributed by atoms with Gasteiger partial charge in [0.1, 0.15) is 10.4 Å². The average molecular weight is 413 g/mol. The van der Waals surface area contributed by atoms with E-state index in [0.29, 0.717) is 0 Å². The number of ether oxygens (including phenoxy) is 1. The molecule has 2 aromatic heterocycles. The Balaban J connectivity index is 2.08.